The number of piperidine rings is 1. The third-order valence-corrected chi connectivity index (χ3v) is 4.23. The lowest BCUT2D eigenvalue weighted by Gasteiger charge is -2.35. The maximum absolute atomic E-state index is 11.1. The van der Waals surface area contributed by atoms with Crippen LogP contribution in [0.3, 0.4) is 0 Å². The molecule has 1 aromatic heterocycles. The molecule has 8 nitrogen and oxygen atoms in total. The summed E-state index contributed by atoms with van der Waals surface area (Å²) in [6.45, 7) is 3.67. The standard InChI is InChI=1S/C15H23N5O3/c1-22-15-6-13(17-10-18-15)19-11-2-4-20(5-3-11)8-12-7-16-14(21)9-23-12/h6,10-12H,2-5,7-9H2,1H3,(H,16,21)(H,17,18,19). The molecule has 3 rings (SSSR count). The van der Waals surface area contributed by atoms with Crippen molar-refractivity contribution >= 4 is 11.7 Å². The molecule has 2 aliphatic heterocycles. The molecule has 0 radical (unpaired) electrons. The second kappa shape index (κ2) is 7.56. The molecule has 3 heterocycles. The molecule has 23 heavy (non-hydrogen) atoms. The quantitative estimate of drug-likeness (QED) is 0.781. The van der Waals surface area contributed by atoms with Crippen molar-refractivity contribution in [3.05, 3.63) is 12.4 Å². The minimum Gasteiger partial charge on any atom is -0.481 e. The normalized spacial score (nSPS) is 23.3. The summed E-state index contributed by atoms with van der Waals surface area (Å²) in [6.07, 6.45) is 3.70. The summed E-state index contributed by atoms with van der Waals surface area (Å²) in [5.41, 5.74) is 0. The second-order valence-corrected chi connectivity index (χ2v) is 5.90. The van der Waals surface area contributed by atoms with E-state index in [0.29, 0.717) is 18.5 Å². The van der Waals surface area contributed by atoms with E-state index in [0.717, 1.165) is 38.3 Å². The highest BCUT2D eigenvalue weighted by Gasteiger charge is 2.24. The maximum atomic E-state index is 11.1. The molecule has 8 heteroatoms. The summed E-state index contributed by atoms with van der Waals surface area (Å²) in [7, 11) is 1.60. The Morgan fingerprint density at radius 1 is 1.43 bits per heavy atom. The smallest absolute Gasteiger partial charge is 0.246 e. The number of carbonyl (C=O) groups is 1. The van der Waals surface area contributed by atoms with E-state index >= 15 is 0 Å². The first kappa shape index (κ1) is 15.9. The topological polar surface area (TPSA) is 88.6 Å². The molecule has 2 N–H and O–H groups in total. The van der Waals surface area contributed by atoms with Crippen LogP contribution in [-0.4, -0.2) is 72.8 Å². The second-order valence-electron chi connectivity index (χ2n) is 5.90. The summed E-state index contributed by atoms with van der Waals surface area (Å²) in [5, 5.41) is 6.28. The summed E-state index contributed by atoms with van der Waals surface area (Å²) in [5.74, 6) is 1.34. The predicted molar refractivity (Wildman–Crippen MR) is 84.4 cm³/mol. The fourth-order valence-corrected chi connectivity index (χ4v) is 2.94. The van der Waals surface area contributed by atoms with Gasteiger partial charge in [-0.25, -0.2) is 9.97 Å². The van der Waals surface area contributed by atoms with Crippen LogP contribution in [0.5, 0.6) is 5.88 Å². The van der Waals surface area contributed by atoms with Crippen molar-refractivity contribution in [2.75, 3.05) is 45.2 Å². The van der Waals surface area contributed by atoms with Crippen molar-refractivity contribution < 1.29 is 14.3 Å². The van der Waals surface area contributed by atoms with Gasteiger partial charge in [-0.1, -0.05) is 0 Å². The molecule has 0 bridgehead atoms. The van der Waals surface area contributed by atoms with Crippen LogP contribution in [0.4, 0.5) is 5.82 Å². The lowest BCUT2D eigenvalue weighted by atomic mass is 10.0. The number of hydrogen-bond acceptors (Lipinski definition) is 7. The van der Waals surface area contributed by atoms with Gasteiger partial charge in [0.15, 0.2) is 0 Å². The summed E-state index contributed by atoms with van der Waals surface area (Å²) < 4.78 is 10.7. The zero-order valence-electron chi connectivity index (χ0n) is 13.3. The highest BCUT2D eigenvalue weighted by molar-refractivity contribution is 5.77. The van der Waals surface area contributed by atoms with E-state index < -0.39 is 0 Å². The number of nitrogens with zero attached hydrogens (tertiary/aromatic N) is 3. The van der Waals surface area contributed by atoms with Crippen LogP contribution in [0.1, 0.15) is 12.8 Å². The van der Waals surface area contributed by atoms with Crippen molar-refractivity contribution in [1.29, 1.82) is 0 Å². The van der Waals surface area contributed by atoms with Gasteiger partial charge in [0.2, 0.25) is 11.8 Å². The summed E-state index contributed by atoms with van der Waals surface area (Å²) >= 11 is 0. The number of morpholine rings is 1. The molecule has 0 aliphatic carbocycles. The van der Waals surface area contributed by atoms with Crippen LogP contribution < -0.4 is 15.4 Å². The van der Waals surface area contributed by atoms with Crippen LogP contribution in [-0.2, 0) is 9.53 Å². The van der Waals surface area contributed by atoms with Crippen LogP contribution in [0.2, 0.25) is 0 Å². The Labute approximate surface area is 135 Å². The van der Waals surface area contributed by atoms with Crippen LogP contribution in [0, 0.1) is 0 Å². The van der Waals surface area contributed by atoms with E-state index in [4.69, 9.17) is 9.47 Å². The number of methoxy groups -OCH3 is 1. The zero-order chi connectivity index (χ0) is 16.1. The van der Waals surface area contributed by atoms with Gasteiger partial charge in [0.1, 0.15) is 18.8 Å². The molecule has 1 amide bonds. The van der Waals surface area contributed by atoms with Gasteiger partial charge in [-0.2, -0.15) is 0 Å². The molecule has 1 aromatic rings. The average molecular weight is 321 g/mol. The third kappa shape index (κ3) is 4.52. The Kier molecular flexibility index (Phi) is 5.24. The van der Waals surface area contributed by atoms with Gasteiger partial charge in [0.25, 0.3) is 0 Å². The Balaban J connectivity index is 1.42. The first-order valence-corrected chi connectivity index (χ1v) is 7.96. The number of ether oxygens (including phenoxy) is 2. The largest absolute Gasteiger partial charge is 0.481 e. The average Bonchev–Trinajstić information content (AvgIpc) is 2.59. The number of aromatic nitrogens is 2. The highest BCUT2D eigenvalue weighted by Crippen LogP contribution is 2.17. The van der Waals surface area contributed by atoms with Gasteiger partial charge < -0.3 is 25.0 Å². The van der Waals surface area contributed by atoms with Gasteiger partial charge >= 0.3 is 0 Å². The molecular weight excluding hydrogens is 298 g/mol. The van der Waals surface area contributed by atoms with E-state index in [1.807, 2.05) is 6.07 Å². The molecule has 0 spiro atoms. The van der Waals surface area contributed by atoms with Gasteiger partial charge in [0, 0.05) is 38.3 Å². The van der Waals surface area contributed by atoms with Gasteiger partial charge in [-0.3, -0.25) is 4.79 Å². The van der Waals surface area contributed by atoms with E-state index in [1.54, 1.807) is 7.11 Å². The monoisotopic (exact) mass is 321 g/mol. The first-order chi connectivity index (χ1) is 11.2. The van der Waals surface area contributed by atoms with E-state index in [-0.39, 0.29) is 18.6 Å². The SMILES string of the molecule is COc1cc(NC2CCN(CC3CNC(=O)CO3)CC2)ncn1. The number of carbonyl (C=O) groups excluding carboxylic acids is 1. The van der Waals surface area contributed by atoms with Crippen molar-refractivity contribution in [3.8, 4) is 5.88 Å². The molecule has 2 aliphatic rings. The number of amides is 1. The Bertz CT molecular complexity index is 524. The fraction of sp³-hybridized carbons (Fsp3) is 0.667. The zero-order valence-corrected chi connectivity index (χ0v) is 13.3. The van der Waals surface area contributed by atoms with Crippen molar-refractivity contribution in [2.24, 2.45) is 0 Å². The maximum Gasteiger partial charge on any atom is 0.246 e. The molecule has 2 fully saturated rings. The Hall–Kier alpha value is -1.93. The minimum atomic E-state index is -0.0237. The van der Waals surface area contributed by atoms with Crippen LogP contribution in [0.25, 0.3) is 0 Å². The van der Waals surface area contributed by atoms with E-state index in [2.05, 4.69) is 25.5 Å². The molecule has 0 aromatic carbocycles. The van der Waals surface area contributed by atoms with Crippen LogP contribution in [0.15, 0.2) is 12.4 Å². The lowest BCUT2D eigenvalue weighted by Crippen LogP contribution is -2.50. The number of rotatable bonds is 5. The molecule has 2 saturated heterocycles. The van der Waals surface area contributed by atoms with Gasteiger partial charge in [-0.05, 0) is 12.8 Å². The highest BCUT2D eigenvalue weighted by atomic mass is 16.5. The molecule has 1 unspecified atom stereocenters. The summed E-state index contributed by atoms with van der Waals surface area (Å²) in [6, 6.07) is 2.21. The Morgan fingerprint density at radius 2 is 2.26 bits per heavy atom. The van der Waals surface area contributed by atoms with Crippen molar-refractivity contribution in [3.63, 3.8) is 0 Å². The molecule has 126 valence electrons. The van der Waals surface area contributed by atoms with E-state index in [1.165, 1.54) is 6.33 Å². The number of anilines is 1. The van der Waals surface area contributed by atoms with Crippen molar-refractivity contribution in [2.45, 2.75) is 25.0 Å². The number of nitrogens with one attached hydrogen (secondary N) is 2. The lowest BCUT2D eigenvalue weighted by molar-refractivity contribution is -0.133. The molecule has 0 saturated carbocycles. The molecular formula is C15H23N5O3. The minimum absolute atomic E-state index is 0.0237. The predicted octanol–water partition coefficient (Wildman–Crippen LogP) is -0.123. The van der Waals surface area contributed by atoms with E-state index in [9.17, 15) is 4.79 Å². The number of likely N-dealkylation sites (tertiary alicyclic amines) is 1. The number of hydrogen-bond donors (Lipinski definition) is 2. The fourth-order valence-electron chi connectivity index (χ4n) is 2.94. The Morgan fingerprint density at radius 3 is 2.96 bits per heavy atom. The molecule has 1 atom stereocenters. The first-order valence-electron chi connectivity index (χ1n) is 7.96. The van der Waals surface area contributed by atoms with Gasteiger partial charge in [-0.15, -0.1) is 0 Å². The third-order valence-electron chi connectivity index (χ3n) is 4.23. The van der Waals surface area contributed by atoms with Crippen LogP contribution >= 0.6 is 0 Å². The van der Waals surface area contributed by atoms with Gasteiger partial charge in [0.05, 0.1) is 13.2 Å². The summed E-state index contributed by atoms with van der Waals surface area (Å²) in [4.78, 5) is 21.7. The van der Waals surface area contributed by atoms with Crippen molar-refractivity contribution in [1.82, 2.24) is 20.2 Å².